The topological polar surface area (TPSA) is 85.4 Å². The van der Waals surface area contributed by atoms with Crippen LogP contribution in [0.25, 0.3) is 0 Å². The van der Waals surface area contributed by atoms with Crippen LogP contribution in [0.2, 0.25) is 0 Å². The van der Waals surface area contributed by atoms with Crippen molar-refractivity contribution in [1.29, 1.82) is 0 Å². The highest BCUT2D eigenvalue weighted by Gasteiger charge is 2.22. The van der Waals surface area contributed by atoms with E-state index in [9.17, 15) is 4.79 Å². The Morgan fingerprint density at radius 3 is 3.00 bits per heavy atom. The molecule has 0 spiro atoms. The van der Waals surface area contributed by atoms with Gasteiger partial charge in [0.1, 0.15) is 5.69 Å². The predicted molar refractivity (Wildman–Crippen MR) is 76.6 cm³/mol. The van der Waals surface area contributed by atoms with E-state index in [0.717, 1.165) is 13.1 Å². The number of carbonyl (C=O) groups is 1. The van der Waals surface area contributed by atoms with Crippen molar-refractivity contribution < 1.29 is 9.53 Å². The largest absolute Gasteiger partial charge is 0.395 e. The molecule has 1 atom stereocenters. The molecule has 1 amide bonds. The van der Waals surface area contributed by atoms with Gasteiger partial charge in [-0.1, -0.05) is 0 Å². The van der Waals surface area contributed by atoms with Crippen molar-refractivity contribution in [1.82, 2.24) is 20.0 Å². The smallest absolute Gasteiger partial charge is 0.271 e. The van der Waals surface area contributed by atoms with Gasteiger partial charge in [0, 0.05) is 26.2 Å². The summed E-state index contributed by atoms with van der Waals surface area (Å²) in [6, 6.07) is 0. The van der Waals surface area contributed by atoms with Crippen molar-refractivity contribution in [3.8, 4) is 0 Å². The minimum atomic E-state index is -0.193. The highest BCUT2D eigenvalue weighted by atomic mass is 16.5. The molecular formula is C13H23N5O2. The number of hydrogen-bond acceptors (Lipinski definition) is 5. The van der Waals surface area contributed by atoms with E-state index in [1.807, 2.05) is 14.0 Å². The van der Waals surface area contributed by atoms with Crippen molar-refractivity contribution in [2.45, 2.75) is 26.5 Å². The van der Waals surface area contributed by atoms with Crippen LogP contribution in [0.5, 0.6) is 0 Å². The molecule has 2 heterocycles. The third-order valence-electron chi connectivity index (χ3n) is 3.52. The summed E-state index contributed by atoms with van der Waals surface area (Å²) in [5.41, 5.74) is 7.50. The molecule has 1 fully saturated rings. The number of nitrogen functional groups attached to an aromatic ring is 1. The van der Waals surface area contributed by atoms with Crippen LogP contribution in [0.1, 0.15) is 23.1 Å². The molecule has 0 aliphatic carbocycles. The van der Waals surface area contributed by atoms with Crippen molar-refractivity contribution in [2.75, 3.05) is 39.0 Å². The van der Waals surface area contributed by atoms with E-state index >= 15 is 0 Å². The zero-order chi connectivity index (χ0) is 14.7. The normalized spacial score (nSPS) is 20.1. The van der Waals surface area contributed by atoms with Gasteiger partial charge in [-0.2, -0.15) is 5.10 Å². The van der Waals surface area contributed by atoms with Crippen LogP contribution in [-0.2, 0) is 11.3 Å². The number of hydrogen-bond donors (Lipinski definition) is 2. The summed E-state index contributed by atoms with van der Waals surface area (Å²) in [5.74, 6) is -0.193. The molecule has 20 heavy (non-hydrogen) atoms. The maximum absolute atomic E-state index is 12.3. The highest BCUT2D eigenvalue weighted by Crippen LogP contribution is 2.16. The van der Waals surface area contributed by atoms with E-state index in [1.165, 1.54) is 0 Å². The quantitative estimate of drug-likeness (QED) is 0.802. The molecule has 1 aliphatic heterocycles. The number of aryl methyl sites for hydroxylation is 2. The monoisotopic (exact) mass is 281 g/mol. The summed E-state index contributed by atoms with van der Waals surface area (Å²) in [6.07, 6.45) is 0.0259. The van der Waals surface area contributed by atoms with Gasteiger partial charge in [-0.25, -0.2) is 0 Å². The number of amides is 1. The maximum atomic E-state index is 12.3. The number of carbonyl (C=O) groups excluding carboxylic acids is 1. The Hall–Kier alpha value is -1.60. The molecule has 7 heteroatoms. The van der Waals surface area contributed by atoms with Crippen LogP contribution >= 0.6 is 0 Å². The number of rotatable bonds is 4. The summed E-state index contributed by atoms with van der Waals surface area (Å²) in [6.45, 7) is 7.28. The van der Waals surface area contributed by atoms with Crippen LogP contribution < -0.4 is 11.1 Å². The molecule has 0 saturated carbocycles. The van der Waals surface area contributed by atoms with E-state index in [0.29, 0.717) is 36.8 Å². The molecule has 1 unspecified atom stereocenters. The standard InChI is InChI=1S/C13H23N5O2/c1-4-18-12(11(14)9(2)16-18)13(19)15-7-10-8-17(3)5-6-20-10/h10H,4-8,14H2,1-3H3,(H,15,19). The van der Waals surface area contributed by atoms with Gasteiger partial charge in [0.2, 0.25) is 0 Å². The van der Waals surface area contributed by atoms with Crippen LogP contribution in [0.4, 0.5) is 5.69 Å². The molecule has 112 valence electrons. The third kappa shape index (κ3) is 3.10. The molecule has 1 aromatic heterocycles. The SMILES string of the molecule is CCn1nc(C)c(N)c1C(=O)NCC1CN(C)CCO1. The molecule has 0 aromatic carbocycles. The van der Waals surface area contributed by atoms with Crippen LogP contribution in [0, 0.1) is 6.92 Å². The van der Waals surface area contributed by atoms with E-state index in [1.54, 1.807) is 11.6 Å². The summed E-state index contributed by atoms with van der Waals surface area (Å²) in [7, 11) is 2.05. The molecule has 0 bridgehead atoms. The first-order valence-electron chi connectivity index (χ1n) is 6.94. The number of nitrogens with one attached hydrogen (secondary N) is 1. The summed E-state index contributed by atoms with van der Waals surface area (Å²) in [4.78, 5) is 14.5. The van der Waals surface area contributed by atoms with Crippen molar-refractivity contribution >= 4 is 11.6 Å². The number of nitrogens with two attached hydrogens (primary N) is 1. The number of anilines is 1. The predicted octanol–water partition coefficient (Wildman–Crippen LogP) is -0.146. The van der Waals surface area contributed by atoms with Crippen LogP contribution in [0.3, 0.4) is 0 Å². The second-order valence-corrected chi connectivity index (χ2v) is 5.13. The Labute approximate surface area is 119 Å². The first-order valence-corrected chi connectivity index (χ1v) is 6.94. The lowest BCUT2D eigenvalue weighted by Crippen LogP contribution is -2.46. The summed E-state index contributed by atoms with van der Waals surface area (Å²) in [5, 5.41) is 7.13. The lowest BCUT2D eigenvalue weighted by Gasteiger charge is -2.30. The Balaban J connectivity index is 1.98. The molecule has 1 aliphatic rings. The van der Waals surface area contributed by atoms with E-state index in [2.05, 4.69) is 15.3 Å². The maximum Gasteiger partial charge on any atom is 0.271 e. The minimum Gasteiger partial charge on any atom is -0.395 e. The second-order valence-electron chi connectivity index (χ2n) is 5.13. The average molecular weight is 281 g/mol. The molecular weight excluding hydrogens is 258 g/mol. The van der Waals surface area contributed by atoms with E-state index < -0.39 is 0 Å². The second kappa shape index (κ2) is 6.23. The zero-order valence-electron chi connectivity index (χ0n) is 12.3. The minimum absolute atomic E-state index is 0.0259. The molecule has 7 nitrogen and oxygen atoms in total. The Morgan fingerprint density at radius 2 is 2.35 bits per heavy atom. The number of morpholine rings is 1. The molecule has 1 saturated heterocycles. The van der Waals surface area contributed by atoms with Gasteiger partial charge in [0.15, 0.2) is 0 Å². The first kappa shape index (κ1) is 14.8. The highest BCUT2D eigenvalue weighted by molar-refractivity contribution is 5.97. The number of nitrogens with zero attached hydrogens (tertiary/aromatic N) is 3. The van der Waals surface area contributed by atoms with Gasteiger partial charge >= 0.3 is 0 Å². The Kier molecular flexibility index (Phi) is 4.61. The zero-order valence-corrected chi connectivity index (χ0v) is 12.3. The fourth-order valence-corrected chi connectivity index (χ4v) is 2.34. The Morgan fingerprint density at radius 1 is 1.60 bits per heavy atom. The van der Waals surface area contributed by atoms with Gasteiger partial charge < -0.3 is 20.7 Å². The van der Waals surface area contributed by atoms with Gasteiger partial charge in [0.25, 0.3) is 5.91 Å². The van der Waals surface area contributed by atoms with Gasteiger partial charge in [-0.05, 0) is 20.9 Å². The molecule has 3 N–H and O–H groups in total. The van der Waals surface area contributed by atoms with Crippen LogP contribution in [-0.4, -0.2) is 60.0 Å². The average Bonchev–Trinajstić information content (AvgIpc) is 2.72. The number of likely N-dealkylation sites (N-methyl/N-ethyl adjacent to an activating group) is 1. The fourth-order valence-electron chi connectivity index (χ4n) is 2.34. The summed E-state index contributed by atoms with van der Waals surface area (Å²) >= 11 is 0. The lowest BCUT2D eigenvalue weighted by atomic mass is 10.2. The molecule has 2 rings (SSSR count). The molecule has 0 radical (unpaired) electrons. The van der Waals surface area contributed by atoms with E-state index in [-0.39, 0.29) is 12.0 Å². The summed E-state index contributed by atoms with van der Waals surface area (Å²) < 4.78 is 7.25. The third-order valence-corrected chi connectivity index (χ3v) is 3.52. The van der Waals surface area contributed by atoms with Crippen molar-refractivity contribution in [2.24, 2.45) is 0 Å². The van der Waals surface area contributed by atoms with Gasteiger partial charge in [-0.3, -0.25) is 9.48 Å². The fraction of sp³-hybridized carbons (Fsp3) is 0.692. The number of aromatic nitrogens is 2. The first-order chi connectivity index (χ1) is 9.52. The van der Waals surface area contributed by atoms with Crippen molar-refractivity contribution in [3.63, 3.8) is 0 Å². The van der Waals surface area contributed by atoms with Gasteiger partial charge in [0.05, 0.1) is 24.1 Å². The van der Waals surface area contributed by atoms with Crippen molar-refractivity contribution in [3.05, 3.63) is 11.4 Å². The number of ether oxygens (including phenoxy) is 1. The molecule has 1 aromatic rings. The lowest BCUT2D eigenvalue weighted by molar-refractivity contribution is -0.0175. The Bertz CT molecular complexity index is 485. The van der Waals surface area contributed by atoms with Crippen LogP contribution in [0.15, 0.2) is 0 Å². The van der Waals surface area contributed by atoms with Gasteiger partial charge in [-0.15, -0.1) is 0 Å². The van der Waals surface area contributed by atoms with E-state index in [4.69, 9.17) is 10.5 Å².